The van der Waals surface area contributed by atoms with E-state index in [1.165, 1.54) is 6.07 Å². The smallest absolute Gasteiger partial charge is 0.340 e. The van der Waals surface area contributed by atoms with Gasteiger partial charge in [0.05, 0.1) is 17.9 Å². The van der Waals surface area contributed by atoms with Crippen LogP contribution < -0.4 is 10.6 Å². The van der Waals surface area contributed by atoms with Gasteiger partial charge in [-0.15, -0.1) is 0 Å². The molecule has 0 saturated carbocycles. The van der Waals surface area contributed by atoms with Crippen LogP contribution in [0.2, 0.25) is 0 Å². The van der Waals surface area contributed by atoms with Gasteiger partial charge in [0, 0.05) is 0 Å². The number of nitrogens with zero attached hydrogens (tertiary/aromatic N) is 1. The monoisotopic (exact) mass is 395 g/mol. The van der Waals surface area contributed by atoms with E-state index in [-0.39, 0.29) is 17.9 Å². The van der Waals surface area contributed by atoms with Gasteiger partial charge in [0.15, 0.2) is 0 Å². The lowest BCUT2D eigenvalue weighted by Gasteiger charge is -2.22. The van der Waals surface area contributed by atoms with E-state index < -0.39 is 35.9 Å². The van der Waals surface area contributed by atoms with Gasteiger partial charge >= 0.3 is 12.0 Å². The van der Waals surface area contributed by atoms with Crippen LogP contribution >= 0.6 is 0 Å². The van der Waals surface area contributed by atoms with Crippen molar-refractivity contribution in [2.45, 2.75) is 19.4 Å². The molecule has 2 aromatic carbocycles. The summed E-state index contributed by atoms with van der Waals surface area (Å²) in [6, 6.07) is 14.5. The quantitative estimate of drug-likeness (QED) is 0.577. The molecular weight excluding hydrogens is 374 g/mol. The predicted molar refractivity (Wildman–Crippen MR) is 105 cm³/mol. The van der Waals surface area contributed by atoms with Crippen molar-refractivity contribution in [3.05, 3.63) is 65.7 Å². The summed E-state index contributed by atoms with van der Waals surface area (Å²) in [6.45, 7) is 2.99. The van der Waals surface area contributed by atoms with Crippen molar-refractivity contribution in [1.82, 2.24) is 10.2 Å². The second kappa shape index (κ2) is 8.14. The summed E-state index contributed by atoms with van der Waals surface area (Å²) >= 11 is 0. The largest absolute Gasteiger partial charge is 0.462 e. The minimum absolute atomic E-state index is 0.189. The normalized spacial score (nSPS) is 18.3. The molecule has 0 bridgehead atoms. The molecule has 2 N–H and O–H groups in total. The highest BCUT2D eigenvalue weighted by atomic mass is 16.5. The van der Waals surface area contributed by atoms with Crippen molar-refractivity contribution in [3.63, 3.8) is 0 Å². The van der Waals surface area contributed by atoms with Gasteiger partial charge in [-0.3, -0.25) is 14.5 Å². The minimum Gasteiger partial charge on any atom is -0.462 e. The molecule has 4 amide bonds. The van der Waals surface area contributed by atoms with Crippen molar-refractivity contribution >= 4 is 29.5 Å². The fourth-order valence-electron chi connectivity index (χ4n) is 3.12. The number of hydrogen-bond acceptors (Lipinski definition) is 5. The van der Waals surface area contributed by atoms with Crippen LogP contribution in [0.5, 0.6) is 0 Å². The van der Waals surface area contributed by atoms with Crippen LogP contribution in [0, 0.1) is 0 Å². The molecule has 1 heterocycles. The van der Waals surface area contributed by atoms with Gasteiger partial charge in [-0.2, -0.15) is 0 Å². The number of rotatable bonds is 6. The minimum atomic E-state index is -1.25. The first-order valence-electron chi connectivity index (χ1n) is 9.12. The first-order valence-corrected chi connectivity index (χ1v) is 9.12. The van der Waals surface area contributed by atoms with Crippen molar-refractivity contribution in [1.29, 1.82) is 0 Å². The van der Waals surface area contributed by atoms with Crippen molar-refractivity contribution < 1.29 is 23.9 Å². The van der Waals surface area contributed by atoms with E-state index >= 15 is 0 Å². The van der Waals surface area contributed by atoms with Crippen LogP contribution in [0.15, 0.2) is 54.6 Å². The fraction of sp³-hybridized carbons (Fsp3) is 0.238. The molecule has 0 spiro atoms. The summed E-state index contributed by atoms with van der Waals surface area (Å²) < 4.78 is 4.98. The molecular formula is C21H21N3O5. The van der Waals surface area contributed by atoms with E-state index in [1.807, 2.05) is 0 Å². The molecule has 3 rings (SSSR count). The number of hydrogen-bond donors (Lipinski definition) is 2. The molecule has 8 heteroatoms. The zero-order valence-electron chi connectivity index (χ0n) is 16.1. The molecule has 0 radical (unpaired) electrons. The highest BCUT2D eigenvalue weighted by molar-refractivity contribution is 6.10. The van der Waals surface area contributed by atoms with E-state index in [9.17, 15) is 19.2 Å². The molecule has 0 aromatic heterocycles. The standard InChI is InChI=1S/C21H21N3O5/c1-3-29-18(26)15-11-7-8-12-16(15)22-17(25)13-24-19(27)21(2,23-20(24)28)14-9-5-4-6-10-14/h4-12H,3,13H2,1-2H3,(H,22,25)(H,23,28)/t21-/m0/s1. The van der Waals surface area contributed by atoms with Crippen LogP contribution in [0.3, 0.4) is 0 Å². The van der Waals surface area contributed by atoms with Crippen LogP contribution in [0.4, 0.5) is 10.5 Å². The number of ether oxygens (including phenoxy) is 1. The van der Waals surface area contributed by atoms with E-state index in [2.05, 4.69) is 10.6 Å². The second-order valence-corrected chi connectivity index (χ2v) is 6.63. The molecule has 1 fully saturated rings. The number of esters is 1. The average molecular weight is 395 g/mol. The maximum Gasteiger partial charge on any atom is 0.340 e. The highest BCUT2D eigenvalue weighted by Crippen LogP contribution is 2.28. The maximum atomic E-state index is 12.9. The third-order valence-electron chi connectivity index (χ3n) is 4.62. The van der Waals surface area contributed by atoms with E-state index in [4.69, 9.17) is 4.74 Å². The summed E-state index contributed by atoms with van der Waals surface area (Å²) in [7, 11) is 0. The van der Waals surface area contributed by atoms with Crippen LogP contribution in [-0.2, 0) is 19.9 Å². The summed E-state index contributed by atoms with van der Waals surface area (Å²) in [5.74, 6) is -1.71. The van der Waals surface area contributed by atoms with Crippen molar-refractivity contribution in [3.8, 4) is 0 Å². The van der Waals surface area contributed by atoms with E-state index in [0.29, 0.717) is 5.56 Å². The number of nitrogens with one attached hydrogen (secondary N) is 2. The molecule has 1 aliphatic rings. The Labute approximate surface area is 167 Å². The van der Waals surface area contributed by atoms with Crippen LogP contribution in [0.25, 0.3) is 0 Å². The fourth-order valence-corrected chi connectivity index (χ4v) is 3.12. The predicted octanol–water partition coefficient (Wildman–Crippen LogP) is 2.27. The molecule has 150 valence electrons. The first kappa shape index (κ1) is 20.1. The van der Waals surface area contributed by atoms with E-state index in [1.54, 1.807) is 62.4 Å². The molecule has 8 nitrogen and oxygen atoms in total. The lowest BCUT2D eigenvalue weighted by Crippen LogP contribution is -2.42. The number of para-hydroxylation sites is 1. The molecule has 1 aliphatic heterocycles. The first-order chi connectivity index (χ1) is 13.9. The highest BCUT2D eigenvalue weighted by Gasteiger charge is 2.49. The number of imide groups is 1. The Bertz CT molecular complexity index is 960. The molecule has 2 aromatic rings. The number of carbonyl (C=O) groups excluding carboxylic acids is 4. The molecule has 0 aliphatic carbocycles. The Kier molecular flexibility index (Phi) is 5.63. The number of anilines is 1. The topological polar surface area (TPSA) is 105 Å². The summed E-state index contributed by atoms with van der Waals surface area (Å²) in [4.78, 5) is 50.6. The third-order valence-corrected chi connectivity index (χ3v) is 4.62. The van der Waals surface area contributed by atoms with Crippen LogP contribution in [-0.4, -0.2) is 41.9 Å². The summed E-state index contributed by atoms with van der Waals surface area (Å²) in [5, 5.41) is 5.22. The second-order valence-electron chi connectivity index (χ2n) is 6.63. The van der Waals surface area contributed by atoms with Gasteiger partial charge in [0.2, 0.25) is 5.91 Å². The SMILES string of the molecule is CCOC(=O)c1ccccc1NC(=O)CN1C(=O)N[C@@](C)(c2ccccc2)C1=O. The lowest BCUT2D eigenvalue weighted by molar-refractivity contribution is -0.133. The molecule has 0 unspecified atom stereocenters. The Morgan fingerprint density at radius 3 is 2.41 bits per heavy atom. The third kappa shape index (κ3) is 3.96. The Morgan fingerprint density at radius 2 is 1.72 bits per heavy atom. The summed E-state index contributed by atoms with van der Waals surface area (Å²) in [6.07, 6.45) is 0. The maximum absolute atomic E-state index is 12.9. The Balaban J connectivity index is 1.74. The number of benzene rings is 2. The molecule has 1 saturated heterocycles. The van der Waals surface area contributed by atoms with Gasteiger partial charge in [0.1, 0.15) is 12.1 Å². The molecule has 29 heavy (non-hydrogen) atoms. The van der Waals surface area contributed by atoms with Gasteiger partial charge in [-0.1, -0.05) is 42.5 Å². The number of carbonyl (C=O) groups is 4. The van der Waals surface area contributed by atoms with Crippen molar-refractivity contribution in [2.75, 3.05) is 18.5 Å². The Morgan fingerprint density at radius 1 is 1.07 bits per heavy atom. The van der Waals surface area contributed by atoms with Gasteiger partial charge in [-0.25, -0.2) is 9.59 Å². The van der Waals surface area contributed by atoms with Gasteiger partial charge in [0.25, 0.3) is 5.91 Å². The molecule has 1 atom stereocenters. The zero-order valence-corrected chi connectivity index (χ0v) is 16.1. The average Bonchev–Trinajstić information content (AvgIpc) is 2.93. The van der Waals surface area contributed by atoms with E-state index in [0.717, 1.165) is 4.90 Å². The zero-order chi connectivity index (χ0) is 21.0. The number of urea groups is 1. The number of amides is 4. The van der Waals surface area contributed by atoms with Crippen molar-refractivity contribution in [2.24, 2.45) is 0 Å². The van der Waals surface area contributed by atoms with Gasteiger partial charge in [-0.05, 0) is 31.5 Å². The van der Waals surface area contributed by atoms with Crippen LogP contribution in [0.1, 0.15) is 29.8 Å². The lowest BCUT2D eigenvalue weighted by atomic mass is 9.92. The Hall–Kier alpha value is -3.68. The van der Waals surface area contributed by atoms with Gasteiger partial charge < -0.3 is 15.4 Å². The summed E-state index contributed by atoms with van der Waals surface area (Å²) in [5.41, 5.74) is -0.196.